The molecule has 0 bridgehead atoms. The molecule has 0 N–H and O–H groups in total. The van der Waals surface area contributed by atoms with E-state index in [0.29, 0.717) is 18.4 Å². The number of carbonyl (C=O) groups is 1. The molecule has 0 aromatic heterocycles. The standard InChI is InChI=1S/C29H39NO4/c1-32-29(31)13-8-19-33-23-27-14-16-28(17-15-27)24-34-20-18-30(21-25-9-4-2-5-10-25)22-26-11-6-3-7-12-26/h2-13,27-28H,14-24H2,1H3/b13-8+. The summed E-state index contributed by atoms with van der Waals surface area (Å²) < 4.78 is 16.4. The van der Waals surface area contributed by atoms with Crippen LogP contribution in [-0.4, -0.2) is 51.0 Å². The molecule has 1 saturated carbocycles. The number of ether oxygens (including phenoxy) is 3. The molecule has 0 radical (unpaired) electrons. The van der Waals surface area contributed by atoms with Crippen LogP contribution >= 0.6 is 0 Å². The number of esters is 1. The molecule has 1 aliphatic carbocycles. The fraction of sp³-hybridized carbons (Fsp3) is 0.483. The van der Waals surface area contributed by atoms with E-state index in [4.69, 9.17) is 9.47 Å². The van der Waals surface area contributed by atoms with Gasteiger partial charge >= 0.3 is 5.97 Å². The van der Waals surface area contributed by atoms with Gasteiger partial charge in [0.25, 0.3) is 0 Å². The molecule has 0 spiro atoms. The summed E-state index contributed by atoms with van der Waals surface area (Å²) in [5.41, 5.74) is 2.67. The van der Waals surface area contributed by atoms with E-state index < -0.39 is 0 Å². The lowest BCUT2D eigenvalue weighted by Gasteiger charge is -2.28. The van der Waals surface area contributed by atoms with Gasteiger partial charge in [-0.3, -0.25) is 4.90 Å². The van der Waals surface area contributed by atoms with Gasteiger partial charge in [-0.25, -0.2) is 4.79 Å². The minimum atomic E-state index is -0.340. The van der Waals surface area contributed by atoms with Crippen LogP contribution in [0.1, 0.15) is 36.8 Å². The smallest absolute Gasteiger partial charge is 0.330 e. The highest BCUT2D eigenvalue weighted by molar-refractivity contribution is 5.81. The number of carbonyl (C=O) groups excluding carboxylic acids is 1. The van der Waals surface area contributed by atoms with E-state index in [1.165, 1.54) is 50.0 Å². The summed E-state index contributed by atoms with van der Waals surface area (Å²) >= 11 is 0. The van der Waals surface area contributed by atoms with E-state index in [1.807, 2.05) is 0 Å². The van der Waals surface area contributed by atoms with Crippen LogP contribution in [0.5, 0.6) is 0 Å². The molecule has 1 fully saturated rings. The van der Waals surface area contributed by atoms with Crippen molar-refractivity contribution in [1.29, 1.82) is 0 Å². The molecule has 0 aliphatic heterocycles. The van der Waals surface area contributed by atoms with Gasteiger partial charge in [-0.15, -0.1) is 0 Å². The summed E-state index contributed by atoms with van der Waals surface area (Å²) in [5, 5.41) is 0. The highest BCUT2D eigenvalue weighted by Crippen LogP contribution is 2.29. The molecule has 0 saturated heterocycles. The van der Waals surface area contributed by atoms with Crippen LogP contribution in [0, 0.1) is 11.8 Å². The van der Waals surface area contributed by atoms with Gasteiger partial charge in [0.15, 0.2) is 0 Å². The van der Waals surface area contributed by atoms with Crippen LogP contribution in [-0.2, 0) is 32.1 Å². The third-order valence-electron chi connectivity index (χ3n) is 6.39. The largest absolute Gasteiger partial charge is 0.466 e. The van der Waals surface area contributed by atoms with Crippen molar-refractivity contribution in [3.8, 4) is 0 Å². The van der Waals surface area contributed by atoms with Crippen molar-refractivity contribution < 1.29 is 19.0 Å². The molecule has 0 unspecified atom stereocenters. The van der Waals surface area contributed by atoms with Crippen LogP contribution in [0.15, 0.2) is 72.8 Å². The van der Waals surface area contributed by atoms with Gasteiger partial charge in [-0.05, 0) is 48.6 Å². The minimum absolute atomic E-state index is 0.340. The van der Waals surface area contributed by atoms with Gasteiger partial charge in [-0.2, -0.15) is 0 Å². The van der Waals surface area contributed by atoms with Crippen LogP contribution in [0.25, 0.3) is 0 Å². The van der Waals surface area contributed by atoms with Crippen LogP contribution in [0.4, 0.5) is 0 Å². The first-order valence-electron chi connectivity index (χ1n) is 12.4. The molecule has 2 aromatic carbocycles. The Morgan fingerprint density at radius 3 is 1.91 bits per heavy atom. The van der Waals surface area contributed by atoms with E-state index in [2.05, 4.69) is 70.3 Å². The van der Waals surface area contributed by atoms with Gasteiger partial charge in [0.05, 0.1) is 20.3 Å². The Labute approximate surface area is 204 Å². The number of methoxy groups -OCH3 is 1. The van der Waals surface area contributed by atoms with E-state index in [9.17, 15) is 4.79 Å². The summed E-state index contributed by atoms with van der Waals surface area (Å²) in [6.07, 6.45) is 7.89. The van der Waals surface area contributed by atoms with Crippen molar-refractivity contribution in [2.75, 3.05) is 40.1 Å². The number of hydrogen-bond acceptors (Lipinski definition) is 5. The Bertz CT molecular complexity index is 790. The van der Waals surface area contributed by atoms with Gasteiger partial charge in [0.1, 0.15) is 0 Å². The normalized spacial score (nSPS) is 18.4. The van der Waals surface area contributed by atoms with Gasteiger partial charge in [0, 0.05) is 38.9 Å². The molecule has 2 aromatic rings. The minimum Gasteiger partial charge on any atom is -0.466 e. The first-order chi connectivity index (χ1) is 16.7. The third-order valence-corrected chi connectivity index (χ3v) is 6.39. The fourth-order valence-corrected chi connectivity index (χ4v) is 4.42. The Morgan fingerprint density at radius 2 is 1.38 bits per heavy atom. The maximum absolute atomic E-state index is 11.0. The summed E-state index contributed by atoms with van der Waals surface area (Å²) in [4.78, 5) is 13.5. The van der Waals surface area contributed by atoms with Gasteiger partial charge in [0.2, 0.25) is 0 Å². The van der Waals surface area contributed by atoms with Crippen molar-refractivity contribution in [2.45, 2.75) is 38.8 Å². The molecule has 5 heteroatoms. The highest BCUT2D eigenvalue weighted by Gasteiger charge is 2.21. The lowest BCUT2D eigenvalue weighted by atomic mass is 9.83. The average molecular weight is 466 g/mol. The van der Waals surface area contributed by atoms with Crippen molar-refractivity contribution in [1.82, 2.24) is 4.90 Å². The van der Waals surface area contributed by atoms with Gasteiger partial charge in [-0.1, -0.05) is 66.7 Å². The molecule has 5 nitrogen and oxygen atoms in total. The monoisotopic (exact) mass is 465 g/mol. The Balaban J connectivity index is 1.32. The van der Waals surface area contributed by atoms with Crippen molar-refractivity contribution in [2.24, 2.45) is 11.8 Å². The molecule has 0 atom stereocenters. The maximum atomic E-state index is 11.0. The predicted octanol–water partition coefficient (Wildman–Crippen LogP) is 5.26. The molecular formula is C29H39NO4. The quantitative estimate of drug-likeness (QED) is 0.216. The Hall–Kier alpha value is -2.47. The second-order valence-corrected chi connectivity index (χ2v) is 9.11. The highest BCUT2D eigenvalue weighted by atomic mass is 16.5. The lowest BCUT2D eigenvalue weighted by molar-refractivity contribution is -0.134. The molecule has 34 heavy (non-hydrogen) atoms. The first-order valence-corrected chi connectivity index (χ1v) is 12.4. The number of rotatable bonds is 14. The van der Waals surface area contributed by atoms with Crippen LogP contribution in [0.3, 0.4) is 0 Å². The molecule has 184 valence electrons. The molecule has 0 amide bonds. The Morgan fingerprint density at radius 1 is 0.853 bits per heavy atom. The van der Waals surface area contributed by atoms with Crippen molar-refractivity contribution in [3.05, 3.63) is 83.9 Å². The van der Waals surface area contributed by atoms with E-state index >= 15 is 0 Å². The van der Waals surface area contributed by atoms with Crippen LogP contribution in [0.2, 0.25) is 0 Å². The average Bonchev–Trinajstić information content (AvgIpc) is 2.88. The second kappa shape index (κ2) is 15.4. The molecule has 1 aliphatic rings. The van der Waals surface area contributed by atoms with E-state index in [1.54, 1.807) is 6.08 Å². The predicted molar refractivity (Wildman–Crippen MR) is 135 cm³/mol. The lowest BCUT2D eigenvalue weighted by Crippen LogP contribution is -2.28. The van der Waals surface area contributed by atoms with Gasteiger partial charge < -0.3 is 14.2 Å². The maximum Gasteiger partial charge on any atom is 0.330 e. The van der Waals surface area contributed by atoms with E-state index in [0.717, 1.165) is 39.5 Å². The SMILES string of the molecule is COC(=O)/C=C/COCC1CCC(COCCN(Cc2ccccc2)Cc2ccccc2)CC1. The number of nitrogens with zero attached hydrogens (tertiary/aromatic N) is 1. The van der Waals surface area contributed by atoms with Crippen molar-refractivity contribution in [3.63, 3.8) is 0 Å². The summed E-state index contributed by atoms with van der Waals surface area (Å²) in [5.74, 6) is 0.912. The summed E-state index contributed by atoms with van der Waals surface area (Å²) in [7, 11) is 1.38. The Kier molecular flexibility index (Phi) is 11.9. The molecule has 3 rings (SSSR count). The zero-order chi connectivity index (χ0) is 23.8. The molecule has 0 heterocycles. The summed E-state index contributed by atoms with van der Waals surface area (Å²) in [6, 6.07) is 21.3. The first kappa shape index (κ1) is 26.1. The third kappa shape index (κ3) is 10.2. The zero-order valence-electron chi connectivity index (χ0n) is 20.4. The van der Waals surface area contributed by atoms with Crippen molar-refractivity contribution >= 4 is 5.97 Å². The fourth-order valence-electron chi connectivity index (χ4n) is 4.42. The summed E-state index contributed by atoms with van der Waals surface area (Å²) in [6.45, 7) is 5.60. The zero-order valence-corrected chi connectivity index (χ0v) is 20.4. The number of hydrogen-bond donors (Lipinski definition) is 0. The van der Waals surface area contributed by atoms with E-state index in [-0.39, 0.29) is 5.97 Å². The number of benzene rings is 2. The van der Waals surface area contributed by atoms with Crippen LogP contribution < -0.4 is 0 Å². The second-order valence-electron chi connectivity index (χ2n) is 9.11. The topological polar surface area (TPSA) is 48.0 Å². The molecular weight excluding hydrogens is 426 g/mol.